The minimum absolute atomic E-state index is 0.251. The first-order valence-electron chi connectivity index (χ1n) is 8.84. The number of ether oxygens (including phenoxy) is 2. The van der Waals surface area contributed by atoms with Crippen molar-refractivity contribution in [1.82, 2.24) is 4.90 Å². The van der Waals surface area contributed by atoms with E-state index in [1.165, 1.54) is 25.8 Å². The molecule has 0 aliphatic carbocycles. The van der Waals surface area contributed by atoms with Crippen LogP contribution in [0, 0.1) is 0 Å². The maximum Gasteiger partial charge on any atom is 0.338 e. The Hall–Kier alpha value is -1.55. The predicted molar refractivity (Wildman–Crippen MR) is 92.0 cm³/mol. The molecule has 1 fully saturated rings. The van der Waals surface area contributed by atoms with Gasteiger partial charge in [0, 0.05) is 12.6 Å². The lowest BCUT2D eigenvalue weighted by Gasteiger charge is -2.33. The Kier molecular flexibility index (Phi) is 7.40. The number of likely N-dealkylation sites (tertiary alicyclic amines) is 1. The molecule has 1 aromatic rings. The van der Waals surface area contributed by atoms with Crippen molar-refractivity contribution >= 4 is 5.97 Å². The average molecular weight is 319 g/mol. The second-order valence-corrected chi connectivity index (χ2v) is 6.24. The van der Waals surface area contributed by atoms with Crippen molar-refractivity contribution < 1.29 is 14.3 Å². The van der Waals surface area contributed by atoms with E-state index in [2.05, 4.69) is 18.7 Å². The van der Waals surface area contributed by atoms with E-state index in [1.807, 2.05) is 12.1 Å². The van der Waals surface area contributed by atoms with Crippen molar-refractivity contribution in [3.8, 4) is 5.75 Å². The molecular weight excluding hydrogens is 290 g/mol. The fraction of sp³-hybridized carbons (Fsp3) is 0.632. The Labute approximate surface area is 139 Å². The number of piperidine rings is 1. The summed E-state index contributed by atoms with van der Waals surface area (Å²) in [6.45, 7) is 7.71. The summed E-state index contributed by atoms with van der Waals surface area (Å²) in [7, 11) is 0. The average Bonchev–Trinajstić information content (AvgIpc) is 2.58. The molecule has 0 bridgehead atoms. The lowest BCUT2D eigenvalue weighted by atomic mass is 10.0. The molecule has 4 nitrogen and oxygen atoms in total. The van der Waals surface area contributed by atoms with Crippen LogP contribution in [0.2, 0.25) is 0 Å². The number of rotatable bonds is 8. The van der Waals surface area contributed by atoms with Gasteiger partial charge in [-0.2, -0.15) is 0 Å². The Bertz CT molecular complexity index is 472. The van der Waals surface area contributed by atoms with Gasteiger partial charge in [-0.25, -0.2) is 4.79 Å². The summed E-state index contributed by atoms with van der Waals surface area (Å²) in [4.78, 5) is 14.5. The second-order valence-electron chi connectivity index (χ2n) is 6.24. The summed E-state index contributed by atoms with van der Waals surface area (Å²) in [6.07, 6.45) is 5.78. The molecule has 0 radical (unpaired) electrons. The number of hydrogen-bond acceptors (Lipinski definition) is 4. The van der Waals surface area contributed by atoms with Crippen molar-refractivity contribution in [2.45, 2.75) is 52.0 Å². The van der Waals surface area contributed by atoms with Gasteiger partial charge < -0.3 is 14.4 Å². The van der Waals surface area contributed by atoms with E-state index in [0.717, 1.165) is 25.1 Å². The van der Waals surface area contributed by atoms with Crippen LogP contribution in [0.5, 0.6) is 5.75 Å². The molecule has 0 aromatic heterocycles. The Balaban J connectivity index is 1.68. The van der Waals surface area contributed by atoms with Crippen LogP contribution in [0.4, 0.5) is 0 Å². The first-order chi connectivity index (χ1) is 11.2. The number of hydrogen-bond donors (Lipinski definition) is 0. The number of nitrogens with zero attached hydrogens (tertiary/aromatic N) is 1. The van der Waals surface area contributed by atoms with Crippen LogP contribution in [-0.2, 0) is 4.74 Å². The maximum atomic E-state index is 12.0. The lowest BCUT2D eigenvalue weighted by Crippen LogP contribution is -2.38. The molecular formula is C19H29NO3. The highest BCUT2D eigenvalue weighted by molar-refractivity contribution is 5.89. The third kappa shape index (κ3) is 5.87. The Morgan fingerprint density at radius 1 is 1.22 bits per heavy atom. The summed E-state index contributed by atoms with van der Waals surface area (Å²) >= 11 is 0. The van der Waals surface area contributed by atoms with Gasteiger partial charge in [0.2, 0.25) is 0 Å². The number of benzene rings is 1. The minimum Gasteiger partial charge on any atom is -0.494 e. The van der Waals surface area contributed by atoms with Gasteiger partial charge in [0.25, 0.3) is 0 Å². The SMILES string of the molecule is CCCOc1ccc(C(=O)OCCCN2CCCCC2C)cc1. The van der Waals surface area contributed by atoms with Gasteiger partial charge in [0.15, 0.2) is 0 Å². The summed E-state index contributed by atoms with van der Waals surface area (Å²) in [6, 6.07) is 7.83. The molecule has 1 aliphatic heterocycles. The minimum atomic E-state index is -0.251. The quantitative estimate of drug-likeness (QED) is 0.538. The fourth-order valence-corrected chi connectivity index (χ4v) is 2.91. The second kappa shape index (κ2) is 9.56. The standard InChI is InChI=1S/C19H29NO3/c1-3-14-22-18-10-8-17(9-11-18)19(21)23-15-6-13-20-12-5-4-7-16(20)2/h8-11,16H,3-7,12-15H2,1-2H3. The molecule has 0 saturated carbocycles. The maximum absolute atomic E-state index is 12.0. The van der Waals surface area contributed by atoms with Gasteiger partial charge in [0.1, 0.15) is 5.75 Å². The molecule has 1 atom stereocenters. The summed E-state index contributed by atoms with van der Waals surface area (Å²) in [5, 5.41) is 0. The lowest BCUT2D eigenvalue weighted by molar-refractivity contribution is 0.0475. The zero-order chi connectivity index (χ0) is 16.5. The molecule has 1 aromatic carbocycles. The molecule has 1 unspecified atom stereocenters. The fourth-order valence-electron chi connectivity index (χ4n) is 2.91. The van der Waals surface area contributed by atoms with Crippen molar-refractivity contribution in [1.29, 1.82) is 0 Å². The summed E-state index contributed by atoms with van der Waals surface area (Å²) in [5.41, 5.74) is 0.584. The molecule has 4 heteroatoms. The van der Waals surface area contributed by atoms with Crippen molar-refractivity contribution in [2.75, 3.05) is 26.3 Å². The molecule has 1 saturated heterocycles. The third-order valence-corrected chi connectivity index (χ3v) is 4.33. The predicted octanol–water partition coefficient (Wildman–Crippen LogP) is 3.90. The zero-order valence-corrected chi connectivity index (χ0v) is 14.4. The monoisotopic (exact) mass is 319 g/mol. The molecule has 23 heavy (non-hydrogen) atoms. The van der Waals surface area contributed by atoms with E-state index in [1.54, 1.807) is 12.1 Å². The number of carbonyl (C=O) groups excluding carboxylic acids is 1. The van der Waals surface area contributed by atoms with Crippen LogP contribution >= 0.6 is 0 Å². The topological polar surface area (TPSA) is 38.8 Å². The largest absolute Gasteiger partial charge is 0.494 e. The van der Waals surface area contributed by atoms with E-state index in [9.17, 15) is 4.79 Å². The van der Waals surface area contributed by atoms with Gasteiger partial charge in [-0.15, -0.1) is 0 Å². The van der Waals surface area contributed by atoms with E-state index < -0.39 is 0 Å². The molecule has 2 rings (SSSR count). The third-order valence-electron chi connectivity index (χ3n) is 4.33. The molecule has 128 valence electrons. The van der Waals surface area contributed by atoms with Crippen molar-refractivity contribution in [3.05, 3.63) is 29.8 Å². The normalized spacial score (nSPS) is 18.6. The highest BCUT2D eigenvalue weighted by atomic mass is 16.5. The van der Waals surface area contributed by atoms with Gasteiger partial charge in [-0.1, -0.05) is 13.3 Å². The molecule has 1 aliphatic rings. The van der Waals surface area contributed by atoms with Gasteiger partial charge >= 0.3 is 5.97 Å². The van der Waals surface area contributed by atoms with Crippen molar-refractivity contribution in [2.24, 2.45) is 0 Å². The van der Waals surface area contributed by atoms with Crippen LogP contribution in [-0.4, -0.2) is 43.2 Å². The van der Waals surface area contributed by atoms with Crippen molar-refractivity contribution in [3.63, 3.8) is 0 Å². The first-order valence-corrected chi connectivity index (χ1v) is 8.84. The summed E-state index contributed by atoms with van der Waals surface area (Å²) in [5.74, 6) is 0.543. The highest BCUT2D eigenvalue weighted by Gasteiger charge is 2.17. The van der Waals surface area contributed by atoms with E-state index in [-0.39, 0.29) is 5.97 Å². The van der Waals surface area contributed by atoms with Crippen LogP contribution in [0.25, 0.3) is 0 Å². The van der Waals surface area contributed by atoms with Crippen LogP contribution in [0.3, 0.4) is 0 Å². The zero-order valence-electron chi connectivity index (χ0n) is 14.4. The smallest absolute Gasteiger partial charge is 0.338 e. The number of esters is 1. The van der Waals surface area contributed by atoms with Gasteiger partial charge in [0.05, 0.1) is 18.8 Å². The Morgan fingerprint density at radius 3 is 2.70 bits per heavy atom. The van der Waals surface area contributed by atoms with E-state index in [0.29, 0.717) is 24.8 Å². The summed E-state index contributed by atoms with van der Waals surface area (Å²) < 4.78 is 10.9. The number of carbonyl (C=O) groups is 1. The van der Waals surface area contributed by atoms with Crippen LogP contribution in [0.15, 0.2) is 24.3 Å². The molecule has 1 heterocycles. The van der Waals surface area contributed by atoms with Crippen LogP contribution in [0.1, 0.15) is 56.3 Å². The van der Waals surface area contributed by atoms with E-state index in [4.69, 9.17) is 9.47 Å². The molecule has 0 spiro atoms. The first kappa shape index (κ1) is 17.8. The molecule has 0 N–H and O–H groups in total. The van der Waals surface area contributed by atoms with Gasteiger partial charge in [-0.05, 0) is 63.4 Å². The van der Waals surface area contributed by atoms with Crippen LogP contribution < -0.4 is 4.74 Å². The van der Waals surface area contributed by atoms with Gasteiger partial charge in [-0.3, -0.25) is 0 Å². The highest BCUT2D eigenvalue weighted by Crippen LogP contribution is 2.16. The van der Waals surface area contributed by atoms with E-state index >= 15 is 0 Å². The molecule has 0 amide bonds. The Morgan fingerprint density at radius 2 is 2.00 bits per heavy atom.